The van der Waals surface area contributed by atoms with E-state index in [0.29, 0.717) is 56.3 Å². The molecule has 218 valence electrons. The van der Waals surface area contributed by atoms with Gasteiger partial charge in [-0.3, -0.25) is 14.2 Å². The highest BCUT2D eigenvalue weighted by Crippen LogP contribution is 2.55. The Morgan fingerprint density at radius 3 is 2.51 bits per heavy atom. The largest absolute Gasteiger partial charge is 0.417 e. The molecular formula is C29H34F3N7O2. The fourth-order valence-electron chi connectivity index (χ4n) is 6.81. The van der Waals surface area contributed by atoms with Crippen LogP contribution in [0.1, 0.15) is 55.5 Å². The van der Waals surface area contributed by atoms with Gasteiger partial charge in [0.25, 0.3) is 0 Å². The highest BCUT2D eigenvalue weighted by atomic mass is 19.4. The molecule has 0 bridgehead atoms. The number of likely N-dealkylation sites (N-methyl/N-ethyl adjacent to an activating group) is 1. The number of hydrogen-bond acceptors (Lipinski definition) is 6. The van der Waals surface area contributed by atoms with Gasteiger partial charge in [-0.2, -0.15) is 23.4 Å². The molecule has 0 atom stereocenters. The summed E-state index contributed by atoms with van der Waals surface area (Å²) in [6.45, 7) is 4.41. The van der Waals surface area contributed by atoms with E-state index in [0.717, 1.165) is 42.6 Å². The van der Waals surface area contributed by atoms with Crippen LogP contribution in [-0.4, -0.2) is 69.3 Å². The standard InChI is InChI=1S/C29H34F3N7O2/c1-18(40)37-9-4-24-22(16-37)27(34-39(24)20-5-10-41-11-6-20)38-17-28(7-8-28)36(3)25-12-21(19-14-33-35(2)15-19)23(13-26(25)38)29(30,31)32/h12-15,20H,4-11,16-17H2,1-3H3. The smallest absolute Gasteiger partial charge is 0.381 e. The maximum atomic E-state index is 14.6. The lowest BCUT2D eigenvalue weighted by Crippen LogP contribution is -2.48. The zero-order chi connectivity index (χ0) is 28.7. The van der Waals surface area contributed by atoms with E-state index in [4.69, 9.17) is 9.84 Å². The molecule has 5 heterocycles. The number of fused-ring (bicyclic) bond motifs is 2. The van der Waals surface area contributed by atoms with Gasteiger partial charge >= 0.3 is 6.18 Å². The van der Waals surface area contributed by atoms with Crippen LogP contribution >= 0.6 is 0 Å². The van der Waals surface area contributed by atoms with Gasteiger partial charge in [-0.05, 0) is 43.4 Å². The first-order chi connectivity index (χ1) is 19.6. The number of nitrogens with zero attached hydrogens (tertiary/aromatic N) is 7. The Hall–Kier alpha value is -3.54. The summed E-state index contributed by atoms with van der Waals surface area (Å²) >= 11 is 0. The second kappa shape index (κ2) is 9.23. The van der Waals surface area contributed by atoms with Gasteiger partial charge in [0.15, 0.2) is 5.82 Å². The number of aryl methyl sites for hydroxylation is 1. The molecule has 1 saturated heterocycles. The topological polar surface area (TPSA) is 71.7 Å². The number of amides is 1. The molecule has 0 unspecified atom stereocenters. The molecule has 9 nitrogen and oxygen atoms in total. The van der Waals surface area contributed by atoms with E-state index in [1.807, 2.05) is 11.9 Å². The minimum atomic E-state index is -4.56. The van der Waals surface area contributed by atoms with Crippen molar-refractivity contribution in [3.8, 4) is 11.1 Å². The summed E-state index contributed by atoms with van der Waals surface area (Å²) in [6.07, 6.45) is 2.76. The van der Waals surface area contributed by atoms with Crippen LogP contribution in [0.5, 0.6) is 0 Å². The molecular weight excluding hydrogens is 535 g/mol. The van der Waals surface area contributed by atoms with Crippen LogP contribution in [0.2, 0.25) is 0 Å². The summed E-state index contributed by atoms with van der Waals surface area (Å²) in [6, 6.07) is 3.12. The zero-order valence-corrected chi connectivity index (χ0v) is 23.5. The number of alkyl halides is 3. The average molecular weight is 570 g/mol. The van der Waals surface area contributed by atoms with Crippen molar-refractivity contribution in [2.75, 3.05) is 43.2 Å². The molecule has 1 aromatic carbocycles. The molecule has 12 heteroatoms. The Morgan fingerprint density at radius 2 is 1.88 bits per heavy atom. The fraction of sp³-hybridized carbons (Fsp3) is 0.552. The van der Waals surface area contributed by atoms with Crippen LogP contribution in [0.15, 0.2) is 24.5 Å². The molecule has 4 aliphatic rings. The van der Waals surface area contributed by atoms with Crippen LogP contribution in [-0.2, 0) is 35.7 Å². The summed E-state index contributed by atoms with van der Waals surface area (Å²) in [5, 5.41) is 9.30. The Bertz CT molecular complexity index is 1520. The first kappa shape index (κ1) is 26.4. The number of carbonyl (C=O) groups is 1. The van der Waals surface area contributed by atoms with E-state index < -0.39 is 11.7 Å². The van der Waals surface area contributed by atoms with Gasteiger partial charge in [0.1, 0.15) is 0 Å². The number of ether oxygens (including phenoxy) is 1. The van der Waals surface area contributed by atoms with Crippen molar-refractivity contribution in [2.24, 2.45) is 7.05 Å². The molecule has 1 amide bonds. The third kappa shape index (κ3) is 4.29. The monoisotopic (exact) mass is 569 g/mol. The van der Waals surface area contributed by atoms with Gasteiger partial charge in [0.05, 0.1) is 41.3 Å². The predicted molar refractivity (Wildman–Crippen MR) is 147 cm³/mol. The van der Waals surface area contributed by atoms with Crippen LogP contribution in [0, 0.1) is 0 Å². The molecule has 41 heavy (non-hydrogen) atoms. The molecule has 0 radical (unpaired) electrons. The van der Waals surface area contributed by atoms with Crippen molar-refractivity contribution in [1.82, 2.24) is 24.5 Å². The van der Waals surface area contributed by atoms with E-state index in [1.54, 1.807) is 31.1 Å². The van der Waals surface area contributed by atoms with Crippen LogP contribution in [0.3, 0.4) is 0 Å². The van der Waals surface area contributed by atoms with Crippen LogP contribution in [0.4, 0.5) is 30.4 Å². The fourth-order valence-corrected chi connectivity index (χ4v) is 6.81. The number of rotatable bonds is 3. The van der Waals surface area contributed by atoms with Crippen molar-refractivity contribution in [1.29, 1.82) is 0 Å². The first-order valence-corrected chi connectivity index (χ1v) is 14.2. The maximum absolute atomic E-state index is 14.6. The lowest BCUT2D eigenvalue weighted by Gasteiger charge is -2.44. The van der Waals surface area contributed by atoms with Crippen molar-refractivity contribution in [3.05, 3.63) is 41.3 Å². The van der Waals surface area contributed by atoms with Gasteiger partial charge in [-0.1, -0.05) is 0 Å². The Kier molecular flexibility index (Phi) is 5.94. The van der Waals surface area contributed by atoms with E-state index in [9.17, 15) is 18.0 Å². The number of benzene rings is 1. The van der Waals surface area contributed by atoms with E-state index >= 15 is 0 Å². The molecule has 3 aromatic rings. The molecule has 7 rings (SSSR count). The second-order valence-corrected chi connectivity index (χ2v) is 11.9. The van der Waals surface area contributed by atoms with Crippen molar-refractivity contribution < 1.29 is 22.7 Å². The third-order valence-electron chi connectivity index (χ3n) is 9.38. The lowest BCUT2D eigenvalue weighted by atomic mass is 9.95. The van der Waals surface area contributed by atoms with Gasteiger partial charge in [0.2, 0.25) is 5.91 Å². The molecule has 2 fully saturated rings. The molecule has 1 aliphatic carbocycles. The molecule has 1 saturated carbocycles. The second-order valence-electron chi connectivity index (χ2n) is 11.9. The number of halogens is 3. The Morgan fingerprint density at radius 1 is 1.12 bits per heavy atom. The highest BCUT2D eigenvalue weighted by molar-refractivity contribution is 5.87. The Labute approximate surface area is 236 Å². The molecule has 2 aromatic heterocycles. The van der Waals surface area contributed by atoms with Gasteiger partial charge in [0, 0.05) is 76.8 Å². The summed E-state index contributed by atoms with van der Waals surface area (Å²) < 4.78 is 53.1. The number of anilines is 3. The van der Waals surface area contributed by atoms with Crippen molar-refractivity contribution in [3.63, 3.8) is 0 Å². The molecule has 1 spiro atoms. The van der Waals surface area contributed by atoms with Gasteiger partial charge < -0.3 is 19.4 Å². The average Bonchev–Trinajstić information content (AvgIpc) is 3.43. The Balaban J connectivity index is 1.42. The summed E-state index contributed by atoms with van der Waals surface area (Å²) in [5.74, 6) is 0.652. The molecule has 3 aliphatic heterocycles. The minimum absolute atomic E-state index is 0.0154. The number of aromatic nitrogens is 4. The van der Waals surface area contributed by atoms with Crippen LogP contribution < -0.4 is 9.80 Å². The SMILES string of the molecule is CC(=O)N1CCc2c(c(N3CC4(CC4)N(C)c4cc(-c5cnn(C)c5)c(C(F)(F)F)cc43)nn2C2CCOCC2)C1. The van der Waals surface area contributed by atoms with Crippen molar-refractivity contribution in [2.45, 2.75) is 63.3 Å². The minimum Gasteiger partial charge on any atom is -0.381 e. The summed E-state index contributed by atoms with van der Waals surface area (Å²) in [5.41, 5.74) is 2.93. The third-order valence-corrected chi connectivity index (χ3v) is 9.38. The predicted octanol–water partition coefficient (Wildman–Crippen LogP) is 4.68. The van der Waals surface area contributed by atoms with Crippen LogP contribution in [0.25, 0.3) is 11.1 Å². The maximum Gasteiger partial charge on any atom is 0.417 e. The normalized spacial score (nSPS) is 20.4. The summed E-state index contributed by atoms with van der Waals surface area (Å²) in [7, 11) is 3.68. The molecule has 0 N–H and O–H groups in total. The quantitative estimate of drug-likeness (QED) is 0.456. The van der Waals surface area contributed by atoms with E-state index in [1.165, 1.54) is 16.9 Å². The zero-order valence-electron chi connectivity index (χ0n) is 23.5. The number of carbonyl (C=O) groups excluding carboxylic acids is 1. The van der Waals surface area contributed by atoms with E-state index in [2.05, 4.69) is 14.7 Å². The van der Waals surface area contributed by atoms with Gasteiger partial charge in [-0.25, -0.2) is 0 Å². The highest BCUT2D eigenvalue weighted by Gasteiger charge is 2.53. The van der Waals surface area contributed by atoms with E-state index in [-0.39, 0.29) is 23.1 Å². The summed E-state index contributed by atoms with van der Waals surface area (Å²) in [4.78, 5) is 18.4. The lowest BCUT2D eigenvalue weighted by molar-refractivity contribution is -0.137. The van der Waals surface area contributed by atoms with Gasteiger partial charge in [-0.15, -0.1) is 0 Å². The first-order valence-electron chi connectivity index (χ1n) is 14.2. The number of hydrogen-bond donors (Lipinski definition) is 0. The van der Waals surface area contributed by atoms with Crippen molar-refractivity contribution >= 4 is 23.1 Å².